The highest BCUT2D eigenvalue weighted by molar-refractivity contribution is 6.30. The molecule has 1 saturated carbocycles. The second-order valence-corrected chi connectivity index (χ2v) is 6.05. The fourth-order valence-electron chi connectivity index (χ4n) is 2.76. The van der Waals surface area contributed by atoms with Gasteiger partial charge in [0.2, 0.25) is 0 Å². The van der Waals surface area contributed by atoms with E-state index in [1.807, 2.05) is 36.4 Å². The van der Waals surface area contributed by atoms with E-state index in [0.717, 1.165) is 29.6 Å². The molecule has 0 unspecified atom stereocenters. The van der Waals surface area contributed by atoms with Crippen molar-refractivity contribution in [2.75, 3.05) is 11.9 Å². The summed E-state index contributed by atoms with van der Waals surface area (Å²) < 4.78 is 5.78. The van der Waals surface area contributed by atoms with Crippen LogP contribution < -0.4 is 10.1 Å². The van der Waals surface area contributed by atoms with Gasteiger partial charge in [-0.25, -0.2) is 0 Å². The maximum atomic E-state index is 5.86. The number of anilines is 1. The summed E-state index contributed by atoms with van der Waals surface area (Å²) in [6, 6.07) is 15.5. The third-order valence-corrected chi connectivity index (χ3v) is 4.23. The van der Waals surface area contributed by atoms with Crippen molar-refractivity contribution in [1.82, 2.24) is 0 Å². The molecule has 1 N–H and O–H groups in total. The summed E-state index contributed by atoms with van der Waals surface area (Å²) in [5, 5.41) is 4.23. The van der Waals surface area contributed by atoms with Crippen LogP contribution >= 0.6 is 11.6 Å². The predicted molar refractivity (Wildman–Crippen MR) is 88.4 cm³/mol. The maximum absolute atomic E-state index is 5.86. The number of hydrogen-bond acceptors (Lipinski definition) is 2. The van der Waals surface area contributed by atoms with Gasteiger partial charge in [0.05, 0.1) is 0 Å². The summed E-state index contributed by atoms with van der Waals surface area (Å²) in [7, 11) is 0. The number of rotatable bonds is 5. The van der Waals surface area contributed by atoms with Crippen molar-refractivity contribution < 1.29 is 4.74 Å². The molecule has 0 spiro atoms. The van der Waals surface area contributed by atoms with Crippen LogP contribution in [-0.4, -0.2) is 6.54 Å². The van der Waals surface area contributed by atoms with Gasteiger partial charge in [-0.15, -0.1) is 0 Å². The minimum absolute atomic E-state index is 0.716. The number of halogens is 1. The lowest BCUT2D eigenvalue weighted by Crippen LogP contribution is -2.10. The summed E-state index contributed by atoms with van der Waals surface area (Å²) in [5.74, 6) is 2.48. The fraction of sp³-hybridized carbons (Fsp3) is 0.333. The number of hydrogen-bond donors (Lipinski definition) is 1. The van der Waals surface area contributed by atoms with Gasteiger partial charge in [0, 0.05) is 17.3 Å². The second kappa shape index (κ2) is 6.86. The van der Waals surface area contributed by atoms with Crippen molar-refractivity contribution in [3.63, 3.8) is 0 Å². The van der Waals surface area contributed by atoms with Crippen LogP contribution in [0.3, 0.4) is 0 Å². The molecule has 0 aromatic heterocycles. The molecule has 2 aromatic carbocycles. The molecule has 0 bridgehead atoms. The Bertz CT molecular complexity index is 559. The SMILES string of the molecule is Clc1ccc(Oc2ccc(NCC3CCCC3)cc2)cc1. The monoisotopic (exact) mass is 301 g/mol. The van der Waals surface area contributed by atoms with Crippen molar-refractivity contribution in [3.05, 3.63) is 53.6 Å². The molecule has 0 amide bonds. The van der Waals surface area contributed by atoms with E-state index in [9.17, 15) is 0 Å². The Balaban J connectivity index is 1.54. The smallest absolute Gasteiger partial charge is 0.127 e. The fourth-order valence-corrected chi connectivity index (χ4v) is 2.88. The molecule has 0 heterocycles. The van der Waals surface area contributed by atoms with E-state index >= 15 is 0 Å². The van der Waals surface area contributed by atoms with Gasteiger partial charge in [0.15, 0.2) is 0 Å². The first-order valence-corrected chi connectivity index (χ1v) is 7.95. The third-order valence-electron chi connectivity index (χ3n) is 3.97. The van der Waals surface area contributed by atoms with E-state index in [0.29, 0.717) is 5.02 Å². The normalized spacial score (nSPS) is 15.1. The van der Waals surface area contributed by atoms with Gasteiger partial charge in [-0.1, -0.05) is 24.4 Å². The lowest BCUT2D eigenvalue weighted by atomic mass is 10.1. The lowest BCUT2D eigenvalue weighted by molar-refractivity contribution is 0.483. The lowest BCUT2D eigenvalue weighted by Gasteiger charge is -2.12. The van der Waals surface area contributed by atoms with Crippen molar-refractivity contribution in [1.29, 1.82) is 0 Å². The highest BCUT2D eigenvalue weighted by Gasteiger charge is 2.14. The highest BCUT2D eigenvalue weighted by atomic mass is 35.5. The molecule has 0 atom stereocenters. The molecule has 110 valence electrons. The molecule has 2 aromatic rings. The van der Waals surface area contributed by atoms with Crippen LogP contribution in [-0.2, 0) is 0 Å². The van der Waals surface area contributed by atoms with E-state index in [4.69, 9.17) is 16.3 Å². The van der Waals surface area contributed by atoms with Crippen LogP contribution in [0, 0.1) is 5.92 Å². The molecule has 1 fully saturated rings. The Kier molecular flexibility index (Phi) is 4.66. The van der Waals surface area contributed by atoms with Crippen LogP contribution in [0.1, 0.15) is 25.7 Å². The van der Waals surface area contributed by atoms with E-state index in [1.54, 1.807) is 0 Å². The summed E-state index contributed by atoms with van der Waals surface area (Å²) in [5.41, 5.74) is 1.16. The maximum Gasteiger partial charge on any atom is 0.127 e. The first-order chi connectivity index (χ1) is 10.3. The Labute approximate surface area is 131 Å². The summed E-state index contributed by atoms with van der Waals surface area (Å²) in [6.45, 7) is 1.08. The number of nitrogens with one attached hydrogen (secondary N) is 1. The first kappa shape index (κ1) is 14.3. The molecular formula is C18H20ClNO. The van der Waals surface area contributed by atoms with Crippen LogP contribution in [0.25, 0.3) is 0 Å². The highest BCUT2D eigenvalue weighted by Crippen LogP contribution is 2.26. The van der Waals surface area contributed by atoms with Gasteiger partial charge in [0.25, 0.3) is 0 Å². The predicted octanol–water partition coefficient (Wildman–Crippen LogP) is 5.73. The average molecular weight is 302 g/mol. The summed E-state index contributed by atoms with van der Waals surface area (Å²) in [4.78, 5) is 0. The van der Waals surface area contributed by atoms with Crippen molar-refractivity contribution in [3.8, 4) is 11.5 Å². The zero-order valence-corrected chi connectivity index (χ0v) is 12.8. The Hall–Kier alpha value is -1.67. The zero-order chi connectivity index (χ0) is 14.5. The van der Waals surface area contributed by atoms with Crippen LogP contribution in [0.2, 0.25) is 5.02 Å². The Morgan fingerprint density at radius 1 is 0.905 bits per heavy atom. The number of benzene rings is 2. The topological polar surface area (TPSA) is 21.3 Å². The third kappa shape index (κ3) is 4.15. The van der Waals surface area contributed by atoms with Crippen LogP contribution in [0.15, 0.2) is 48.5 Å². The van der Waals surface area contributed by atoms with Crippen molar-refractivity contribution in [2.24, 2.45) is 5.92 Å². The molecular weight excluding hydrogens is 282 g/mol. The Morgan fingerprint density at radius 2 is 1.48 bits per heavy atom. The zero-order valence-electron chi connectivity index (χ0n) is 12.0. The molecule has 1 aliphatic rings. The molecule has 2 nitrogen and oxygen atoms in total. The molecule has 0 radical (unpaired) electrons. The van der Waals surface area contributed by atoms with Crippen LogP contribution in [0.4, 0.5) is 5.69 Å². The van der Waals surface area contributed by atoms with E-state index in [2.05, 4.69) is 17.4 Å². The average Bonchev–Trinajstić information content (AvgIpc) is 3.02. The van der Waals surface area contributed by atoms with Crippen LogP contribution in [0.5, 0.6) is 11.5 Å². The van der Waals surface area contributed by atoms with E-state index in [1.165, 1.54) is 25.7 Å². The van der Waals surface area contributed by atoms with Gasteiger partial charge >= 0.3 is 0 Å². The molecule has 0 aliphatic heterocycles. The largest absolute Gasteiger partial charge is 0.457 e. The molecule has 0 saturated heterocycles. The van der Waals surface area contributed by atoms with Crippen molar-refractivity contribution >= 4 is 17.3 Å². The molecule has 21 heavy (non-hydrogen) atoms. The molecule has 3 rings (SSSR count). The van der Waals surface area contributed by atoms with Gasteiger partial charge in [-0.05, 0) is 67.3 Å². The first-order valence-electron chi connectivity index (χ1n) is 7.57. The second-order valence-electron chi connectivity index (χ2n) is 5.61. The van der Waals surface area contributed by atoms with E-state index in [-0.39, 0.29) is 0 Å². The van der Waals surface area contributed by atoms with Gasteiger partial charge in [-0.3, -0.25) is 0 Å². The van der Waals surface area contributed by atoms with Gasteiger partial charge < -0.3 is 10.1 Å². The van der Waals surface area contributed by atoms with Gasteiger partial charge in [0.1, 0.15) is 11.5 Å². The van der Waals surface area contributed by atoms with E-state index < -0.39 is 0 Å². The Morgan fingerprint density at radius 3 is 2.10 bits per heavy atom. The summed E-state index contributed by atoms with van der Waals surface area (Å²) >= 11 is 5.86. The van der Waals surface area contributed by atoms with Gasteiger partial charge in [-0.2, -0.15) is 0 Å². The summed E-state index contributed by atoms with van der Waals surface area (Å²) in [6.07, 6.45) is 5.51. The molecule has 3 heteroatoms. The minimum Gasteiger partial charge on any atom is -0.457 e. The standard InChI is InChI=1S/C18H20ClNO/c19-15-5-9-17(10-6-15)21-18-11-7-16(8-12-18)20-13-14-3-1-2-4-14/h5-12,14,20H,1-4,13H2. The molecule has 1 aliphatic carbocycles. The van der Waals surface area contributed by atoms with Crippen molar-refractivity contribution in [2.45, 2.75) is 25.7 Å². The minimum atomic E-state index is 0.716. The quantitative estimate of drug-likeness (QED) is 0.761. The number of ether oxygens (including phenoxy) is 1.